The standard InChI is InChI=1S/C14H18O3/c1-3-17-14(16)12-6-4-5-10-7-11(9(2)15)8-13(10)12/h4-5,8,10,12-13H,3,6-7H2,1-2H3/t10-,12+,13+/m0/s1. The van der Waals surface area contributed by atoms with Gasteiger partial charge in [0.1, 0.15) is 0 Å². The SMILES string of the molecule is CCOC(=O)[C@@H]1CC=C[C@H]2CC(C(C)=O)=C[C@H]21. The van der Waals surface area contributed by atoms with Crippen LogP contribution in [0.5, 0.6) is 0 Å². The van der Waals surface area contributed by atoms with Crippen LogP contribution in [0.15, 0.2) is 23.8 Å². The van der Waals surface area contributed by atoms with E-state index >= 15 is 0 Å². The summed E-state index contributed by atoms with van der Waals surface area (Å²) in [5.41, 5.74) is 0.862. The van der Waals surface area contributed by atoms with Crippen LogP contribution in [0.25, 0.3) is 0 Å². The summed E-state index contributed by atoms with van der Waals surface area (Å²) in [6, 6.07) is 0. The van der Waals surface area contributed by atoms with E-state index in [0.29, 0.717) is 12.5 Å². The second kappa shape index (κ2) is 4.86. The zero-order valence-electron chi connectivity index (χ0n) is 10.3. The summed E-state index contributed by atoms with van der Waals surface area (Å²) in [5, 5.41) is 0. The van der Waals surface area contributed by atoms with Gasteiger partial charge < -0.3 is 4.74 Å². The summed E-state index contributed by atoms with van der Waals surface area (Å²) >= 11 is 0. The Morgan fingerprint density at radius 1 is 1.47 bits per heavy atom. The Bertz CT molecular complexity index is 392. The first-order valence-corrected chi connectivity index (χ1v) is 6.18. The van der Waals surface area contributed by atoms with Crippen molar-refractivity contribution in [2.45, 2.75) is 26.7 Å². The van der Waals surface area contributed by atoms with Crippen LogP contribution in [-0.2, 0) is 14.3 Å². The smallest absolute Gasteiger partial charge is 0.309 e. The Kier molecular flexibility index (Phi) is 3.46. The van der Waals surface area contributed by atoms with Crippen molar-refractivity contribution in [2.75, 3.05) is 6.61 Å². The third-order valence-electron chi connectivity index (χ3n) is 3.62. The zero-order valence-corrected chi connectivity index (χ0v) is 10.3. The quantitative estimate of drug-likeness (QED) is 0.556. The maximum Gasteiger partial charge on any atom is 0.309 e. The number of hydrogen-bond acceptors (Lipinski definition) is 3. The molecule has 0 saturated carbocycles. The van der Waals surface area contributed by atoms with E-state index in [1.807, 2.05) is 19.1 Å². The van der Waals surface area contributed by atoms with E-state index in [1.54, 1.807) is 6.92 Å². The van der Waals surface area contributed by atoms with E-state index < -0.39 is 0 Å². The van der Waals surface area contributed by atoms with Gasteiger partial charge in [0.25, 0.3) is 0 Å². The molecule has 0 radical (unpaired) electrons. The first kappa shape index (κ1) is 12.1. The second-order valence-electron chi connectivity index (χ2n) is 4.72. The van der Waals surface area contributed by atoms with Gasteiger partial charge in [0, 0.05) is 0 Å². The molecule has 92 valence electrons. The highest BCUT2D eigenvalue weighted by atomic mass is 16.5. The number of carbonyl (C=O) groups is 2. The third-order valence-corrected chi connectivity index (χ3v) is 3.62. The summed E-state index contributed by atoms with van der Waals surface area (Å²) < 4.78 is 5.10. The van der Waals surface area contributed by atoms with Crippen LogP contribution < -0.4 is 0 Å². The highest BCUT2D eigenvalue weighted by Crippen LogP contribution is 2.41. The molecule has 0 aromatic heterocycles. The Morgan fingerprint density at radius 2 is 2.24 bits per heavy atom. The van der Waals surface area contributed by atoms with Crippen LogP contribution >= 0.6 is 0 Å². The van der Waals surface area contributed by atoms with E-state index in [9.17, 15) is 9.59 Å². The molecule has 2 aliphatic carbocycles. The summed E-state index contributed by atoms with van der Waals surface area (Å²) in [6.07, 6.45) is 7.65. The minimum absolute atomic E-state index is 0.109. The average Bonchev–Trinajstić information content (AvgIpc) is 2.72. The number of allylic oxidation sites excluding steroid dienone is 4. The first-order chi connectivity index (χ1) is 8.13. The topological polar surface area (TPSA) is 43.4 Å². The monoisotopic (exact) mass is 234 g/mol. The van der Waals surface area contributed by atoms with Crippen molar-refractivity contribution in [1.29, 1.82) is 0 Å². The second-order valence-corrected chi connectivity index (χ2v) is 4.72. The molecule has 0 aliphatic heterocycles. The summed E-state index contributed by atoms with van der Waals surface area (Å²) in [5.74, 6) is 0.333. The molecule has 3 atom stereocenters. The van der Waals surface area contributed by atoms with Crippen LogP contribution in [-0.4, -0.2) is 18.4 Å². The van der Waals surface area contributed by atoms with Crippen molar-refractivity contribution < 1.29 is 14.3 Å². The van der Waals surface area contributed by atoms with Gasteiger partial charge in [0.15, 0.2) is 5.78 Å². The molecule has 0 N–H and O–H groups in total. The molecule has 0 saturated heterocycles. The van der Waals surface area contributed by atoms with Gasteiger partial charge in [-0.1, -0.05) is 18.2 Å². The van der Waals surface area contributed by atoms with Crippen LogP contribution in [0.3, 0.4) is 0 Å². The molecule has 2 aliphatic rings. The first-order valence-electron chi connectivity index (χ1n) is 6.18. The summed E-state index contributed by atoms with van der Waals surface area (Å²) in [4.78, 5) is 23.2. The lowest BCUT2D eigenvalue weighted by Crippen LogP contribution is -2.29. The third kappa shape index (κ3) is 2.33. The van der Waals surface area contributed by atoms with E-state index in [1.165, 1.54) is 0 Å². The van der Waals surface area contributed by atoms with Gasteiger partial charge in [-0.2, -0.15) is 0 Å². The fourth-order valence-corrected chi connectivity index (χ4v) is 2.75. The van der Waals surface area contributed by atoms with Crippen molar-refractivity contribution in [1.82, 2.24) is 0 Å². The van der Waals surface area contributed by atoms with E-state index in [-0.39, 0.29) is 23.6 Å². The number of rotatable bonds is 3. The molecular formula is C14H18O3. The fraction of sp³-hybridized carbons (Fsp3) is 0.571. The lowest BCUT2D eigenvalue weighted by Gasteiger charge is -2.27. The molecule has 2 rings (SSSR count). The van der Waals surface area contributed by atoms with Crippen LogP contribution in [0.4, 0.5) is 0 Å². The maximum absolute atomic E-state index is 11.8. The Morgan fingerprint density at radius 3 is 2.88 bits per heavy atom. The number of esters is 1. The molecule has 0 aromatic rings. The van der Waals surface area contributed by atoms with Gasteiger partial charge >= 0.3 is 5.97 Å². The normalized spacial score (nSPS) is 30.7. The molecule has 0 unspecified atom stereocenters. The van der Waals surface area contributed by atoms with Crippen molar-refractivity contribution in [3.8, 4) is 0 Å². The van der Waals surface area contributed by atoms with E-state index in [4.69, 9.17) is 4.74 Å². The predicted octanol–water partition coefficient (Wildman–Crippen LogP) is 2.28. The molecule has 0 bridgehead atoms. The van der Waals surface area contributed by atoms with E-state index in [0.717, 1.165) is 18.4 Å². The highest BCUT2D eigenvalue weighted by Gasteiger charge is 2.39. The van der Waals surface area contributed by atoms with Gasteiger partial charge in [-0.15, -0.1) is 0 Å². The molecule has 0 amide bonds. The molecule has 0 aromatic carbocycles. The number of carbonyl (C=O) groups excluding carboxylic acids is 2. The van der Waals surface area contributed by atoms with E-state index in [2.05, 4.69) is 6.08 Å². The molecule has 0 spiro atoms. The molecular weight excluding hydrogens is 216 g/mol. The van der Waals surface area contributed by atoms with Crippen molar-refractivity contribution in [2.24, 2.45) is 17.8 Å². The molecule has 3 nitrogen and oxygen atoms in total. The van der Waals surface area contributed by atoms with Crippen molar-refractivity contribution in [3.63, 3.8) is 0 Å². The van der Waals surface area contributed by atoms with Gasteiger partial charge in [-0.25, -0.2) is 0 Å². The van der Waals surface area contributed by atoms with Crippen LogP contribution in [0, 0.1) is 17.8 Å². The lowest BCUT2D eigenvalue weighted by molar-refractivity contribution is -0.149. The molecule has 3 heteroatoms. The Hall–Kier alpha value is -1.38. The zero-order chi connectivity index (χ0) is 12.4. The Balaban J connectivity index is 2.17. The van der Waals surface area contributed by atoms with Crippen molar-refractivity contribution >= 4 is 11.8 Å². The molecule has 0 fully saturated rings. The number of hydrogen-bond donors (Lipinski definition) is 0. The predicted molar refractivity (Wildman–Crippen MR) is 64.2 cm³/mol. The van der Waals surface area contributed by atoms with Crippen molar-refractivity contribution in [3.05, 3.63) is 23.8 Å². The minimum atomic E-state index is -0.132. The van der Waals surface area contributed by atoms with Gasteiger partial charge in [-0.05, 0) is 44.1 Å². The van der Waals surface area contributed by atoms with Crippen LogP contribution in [0.2, 0.25) is 0 Å². The highest BCUT2D eigenvalue weighted by molar-refractivity contribution is 5.94. The van der Waals surface area contributed by atoms with Gasteiger partial charge in [0.2, 0.25) is 0 Å². The van der Waals surface area contributed by atoms with Crippen LogP contribution in [0.1, 0.15) is 26.7 Å². The fourth-order valence-electron chi connectivity index (χ4n) is 2.75. The number of ketones is 1. The number of fused-ring (bicyclic) bond motifs is 1. The van der Waals surface area contributed by atoms with Gasteiger partial charge in [-0.3, -0.25) is 9.59 Å². The van der Waals surface area contributed by atoms with Gasteiger partial charge in [0.05, 0.1) is 12.5 Å². The average molecular weight is 234 g/mol. The number of Topliss-reactive ketones (excluding diaryl/α,β-unsaturated/α-hetero) is 1. The largest absolute Gasteiger partial charge is 0.466 e. The molecule has 0 heterocycles. The Labute approximate surface area is 102 Å². The summed E-state index contributed by atoms with van der Waals surface area (Å²) in [6.45, 7) is 3.82. The minimum Gasteiger partial charge on any atom is -0.466 e. The molecule has 17 heavy (non-hydrogen) atoms. The lowest BCUT2D eigenvalue weighted by atomic mass is 9.78. The maximum atomic E-state index is 11.8. The number of ether oxygens (including phenoxy) is 1. The summed E-state index contributed by atoms with van der Waals surface area (Å²) in [7, 11) is 0.